The number of esters is 2. The molecule has 104 valence electrons. The molecule has 7 nitrogen and oxygen atoms in total. The zero-order valence-corrected chi connectivity index (χ0v) is 10.8. The third-order valence-electron chi connectivity index (χ3n) is 1.93. The highest BCUT2D eigenvalue weighted by atomic mass is 32.2. The van der Waals surface area contributed by atoms with Crippen LogP contribution in [0.15, 0.2) is 24.3 Å². The van der Waals surface area contributed by atoms with Crippen molar-refractivity contribution in [1.82, 2.24) is 0 Å². The summed E-state index contributed by atoms with van der Waals surface area (Å²) in [7, 11) is -4.16. The highest BCUT2D eigenvalue weighted by Gasteiger charge is 2.10. The van der Waals surface area contributed by atoms with Crippen molar-refractivity contribution in [2.75, 3.05) is 12.4 Å². The highest BCUT2D eigenvalue weighted by Crippen LogP contribution is 2.13. The Balaban J connectivity index is 2.56. The molecule has 0 radical (unpaired) electrons. The predicted molar refractivity (Wildman–Crippen MR) is 64.4 cm³/mol. The number of carbonyl (C=O) groups excluding carboxylic acids is 2. The first kappa shape index (κ1) is 15.1. The summed E-state index contributed by atoms with van der Waals surface area (Å²) >= 11 is 0. The van der Waals surface area contributed by atoms with Gasteiger partial charge in [0.1, 0.15) is 18.1 Å². The smallest absolute Gasteiger partial charge is 0.338 e. The lowest BCUT2D eigenvalue weighted by atomic mass is 10.2. The summed E-state index contributed by atoms with van der Waals surface area (Å²) in [5.41, 5.74) is 0.172. The molecule has 0 aromatic heterocycles. The Labute approximate surface area is 109 Å². The van der Waals surface area contributed by atoms with Gasteiger partial charge in [-0.05, 0) is 24.3 Å². The van der Waals surface area contributed by atoms with Gasteiger partial charge in [-0.15, -0.1) is 0 Å². The number of hydrogen-bond donors (Lipinski definition) is 1. The molecule has 0 spiro atoms. The Hall–Kier alpha value is -1.93. The van der Waals surface area contributed by atoms with Crippen LogP contribution in [0.5, 0.6) is 5.75 Å². The molecule has 0 amide bonds. The molecule has 19 heavy (non-hydrogen) atoms. The molecule has 0 fully saturated rings. The monoisotopic (exact) mass is 288 g/mol. The number of carbonyl (C=O) groups is 2. The van der Waals surface area contributed by atoms with Crippen molar-refractivity contribution in [2.24, 2.45) is 0 Å². The lowest BCUT2D eigenvalue weighted by Crippen LogP contribution is -2.14. The van der Waals surface area contributed by atoms with Crippen molar-refractivity contribution in [3.05, 3.63) is 29.8 Å². The molecule has 8 heteroatoms. The summed E-state index contributed by atoms with van der Waals surface area (Å²) < 4.78 is 38.7. The van der Waals surface area contributed by atoms with E-state index in [-0.39, 0.29) is 11.3 Å². The summed E-state index contributed by atoms with van der Waals surface area (Å²) in [5.74, 6) is -1.60. The van der Waals surface area contributed by atoms with E-state index >= 15 is 0 Å². The SMILES string of the molecule is CC(=O)Oc1ccc(C(=O)OCCS(=O)(=O)O)cc1. The molecule has 1 aromatic rings. The fourth-order valence-corrected chi connectivity index (χ4v) is 1.44. The van der Waals surface area contributed by atoms with Gasteiger partial charge in [0, 0.05) is 6.92 Å². The number of hydrogen-bond acceptors (Lipinski definition) is 6. The summed E-state index contributed by atoms with van der Waals surface area (Å²) in [6.45, 7) is 0.806. The van der Waals surface area contributed by atoms with Crippen LogP contribution in [0.4, 0.5) is 0 Å². The molecule has 0 saturated carbocycles. The summed E-state index contributed by atoms with van der Waals surface area (Å²) in [5, 5.41) is 0. The molecule has 0 aliphatic rings. The second kappa shape index (κ2) is 6.30. The maximum Gasteiger partial charge on any atom is 0.338 e. The van der Waals surface area contributed by atoms with Gasteiger partial charge in [-0.1, -0.05) is 0 Å². The Morgan fingerprint density at radius 2 is 1.79 bits per heavy atom. The molecule has 1 aromatic carbocycles. The Kier molecular flexibility index (Phi) is 5.02. The second-order valence-electron chi connectivity index (χ2n) is 3.54. The van der Waals surface area contributed by atoms with Crippen LogP contribution in [-0.2, 0) is 19.6 Å². The average molecular weight is 288 g/mol. The third kappa shape index (κ3) is 5.98. The van der Waals surface area contributed by atoms with Gasteiger partial charge < -0.3 is 9.47 Å². The van der Waals surface area contributed by atoms with E-state index in [9.17, 15) is 18.0 Å². The first-order valence-corrected chi connectivity index (χ1v) is 6.79. The van der Waals surface area contributed by atoms with Crippen LogP contribution in [0, 0.1) is 0 Å². The Morgan fingerprint density at radius 1 is 1.21 bits per heavy atom. The van der Waals surface area contributed by atoms with E-state index in [1.165, 1.54) is 31.2 Å². The van der Waals surface area contributed by atoms with E-state index in [1.54, 1.807) is 0 Å². The zero-order valence-electron chi connectivity index (χ0n) is 10.0. The number of benzene rings is 1. The number of rotatable bonds is 5. The molecular weight excluding hydrogens is 276 g/mol. The maximum atomic E-state index is 11.5. The lowest BCUT2D eigenvalue weighted by molar-refractivity contribution is -0.131. The first-order chi connectivity index (χ1) is 8.78. The fraction of sp³-hybridized carbons (Fsp3) is 0.273. The molecule has 0 aliphatic heterocycles. The van der Waals surface area contributed by atoms with E-state index in [1.807, 2.05) is 0 Å². The van der Waals surface area contributed by atoms with Gasteiger partial charge in [0.25, 0.3) is 10.1 Å². The lowest BCUT2D eigenvalue weighted by Gasteiger charge is -2.05. The van der Waals surface area contributed by atoms with Gasteiger partial charge >= 0.3 is 11.9 Å². The van der Waals surface area contributed by atoms with Crippen LogP contribution in [0.1, 0.15) is 17.3 Å². The minimum Gasteiger partial charge on any atom is -0.461 e. The Bertz CT molecular complexity index is 559. The van der Waals surface area contributed by atoms with Crippen LogP contribution in [0.2, 0.25) is 0 Å². The zero-order chi connectivity index (χ0) is 14.5. The van der Waals surface area contributed by atoms with Gasteiger partial charge in [-0.25, -0.2) is 4.79 Å². The van der Waals surface area contributed by atoms with Gasteiger partial charge in [-0.3, -0.25) is 9.35 Å². The normalized spacial score (nSPS) is 10.8. The van der Waals surface area contributed by atoms with E-state index in [2.05, 4.69) is 4.74 Å². The topological polar surface area (TPSA) is 107 Å². The Morgan fingerprint density at radius 3 is 2.26 bits per heavy atom. The van der Waals surface area contributed by atoms with Crippen LogP contribution in [0.25, 0.3) is 0 Å². The molecule has 1 N–H and O–H groups in total. The van der Waals surface area contributed by atoms with Crippen molar-refractivity contribution < 1.29 is 32.0 Å². The first-order valence-electron chi connectivity index (χ1n) is 5.19. The standard InChI is InChI=1S/C11H12O7S/c1-8(12)18-10-4-2-9(3-5-10)11(13)17-6-7-19(14,15)16/h2-5H,6-7H2,1H3,(H,14,15,16). The second-order valence-corrected chi connectivity index (χ2v) is 5.11. The van der Waals surface area contributed by atoms with E-state index in [0.29, 0.717) is 0 Å². The quantitative estimate of drug-likeness (QED) is 0.481. The van der Waals surface area contributed by atoms with E-state index in [0.717, 1.165) is 0 Å². The summed E-state index contributed by atoms with van der Waals surface area (Å²) in [6.07, 6.45) is 0. The minimum atomic E-state index is -4.16. The maximum absolute atomic E-state index is 11.5. The summed E-state index contributed by atoms with van der Waals surface area (Å²) in [4.78, 5) is 22.1. The molecule has 0 aliphatic carbocycles. The minimum absolute atomic E-state index is 0.172. The fourth-order valence-electron chi connectivity index (χ4n) is 1.15. The molecule has 0 saturated heterocycles. The summed E-state index contributed by atoms with van der Waals surface area (Å²) in [6, 6.07) is 5.55. The van der Waals surface area contributed by atoms with Gasteiger partial charge in [0.05, 0.1) is 5.56 Å². The van der Waals surface area contributed by atoms with Gasteiger partial charge in [0.15, 0.2) is 0 Å². The van der Waals surface area contributed by atoms with Crippen LogP contribution in [0.3, 0.4) is 0 Å². The predicted octanol–water partition coefficient (Wildman–Crippen LogP) is 0.657. The van der Waals surface area contributed by atoms with Crippen LogP contribution in [-0.4, -0.2) is 37.3 Å². The van der Waals surface area contributed by atoms with Crippen LogP contribution < -0.4 is 4.74 Å². The molecule has 0 unspecified atom stereocenters. The number of ether oxygens (including phenoxy) is 2. The molecule has 1 rings (SSSR count). The van der Waals surface area contributed by atoms with Crippen molar-refractivity contribution >= 4 is 22.1 Å². The van der Waals surface area contributed by atoms with Crippen LogP contribution >= 0.6 is 0 Å². The third-order valence-corrected chi connectivity index (χ3v) is 2.61. The largest absolute Gasteiger partial charge is 0.461 e. The molecular formula is C11H12O7S. The van der Waals surface area contributed by atoms with Crippen molar-refractivity contribution in [1.29, 1.82) is 0 Å². The van der Waals surface area contributed by atoms with Crippen molar-refractivity contribution in [3.8, 4) is 5.75 Å². The van der Waals surface area contributed by atoms with Gasteiger partial charge in [0.2, 0.25) is 0 Å². The van der Waals surface area contributed by atoms with E-state index < -0.39 is 34.4 Å². The molecule has 0 atom stereocenters. The van der Waals surface area contributed by atoms with Crippen molar-refractivity contribution in [3.63, 3.8) is 0 Å². The average Bonchev–Trinajstić information content (AvgIpc) is 2.27. The van der Waals surface area contributed by atoms with Crippen molar-refractivity contribution in [2.45, 2.75) is 6.92 Å². The molecule has 0 bridgehead atoms. The highest BCUT2D eigenvalue weighted by molar-refractivity contribution is 7.85. The molecule has 0 heterocycles. The van der Waals surface area contributed by atoms with Gasteiger partial charge in [-0.2, -0.15) is 8.42 Å². The van der Waals surface area contributed by atoms with E-state index in [4.69, 9.17) is 9.29 Å².